The highest BCUT2D eigenvalue weighted by molar-refractivity contribution is 6.32. The Kier molecular flexibility index (Phi) is 2.84. The molecule has 92 valence electrons. The van der Waals surface area contributed by atoms with Crippen LogP contribution in [0.25, 0.3) is 0 Å². The van der Waals surface area contributed by atoms with Gasteiger partial charge in [-0.3, -0.25) is 4.79 Å². The van der Waals surface area contributed by atoms with E-state index in [0.717, 1.165) is 19.6 Å². The minimum atomic E-state index is -0.0139. The maximum atomic E-state index is 12.2. The van der Waals surface area contributed by atoms with Crippen molar-refractivity contribution in [3.63, 3.8) is 0 Å². The van der Waals surface area contributed by atoms with Gasteiger partial charge in [0.2, 0.25) is 5.22 Å². The summed E-state index contributed by atoms with van der Waals surface area (Å²) < 4.78 is 4.97. The van der Waals surface area contributed by atoms with E-state index in [1.54, 1.807) is 6.07 Å². The molecule has 3 heterocycles. The molecule has 5 heteroatoms. The van der Waals surface area contributed by atoms with E-state index in [2.05, 4.69) is 5.32 Å². The second kappa shape index (κ2) is 4.35. The first kappa shape index (κ1) is 11.1. The van der Waals surface area contributed by atoms with Crippen LogP contribution < -0.4 is 5.32 Å². The van der Waals surface area contributed by atoms with Gasteiger partial charge in [0.1, 0.15) is 0 Å². The molecule has 1 N–H and O–H groups in total. The van der Waals surface area contributed by atoms with Gasteiger partial charge in [0.25, 0.3) is 5.91 Å². The molecule has 2 saturated heterocycles. The van der Waals surface area contributed by atoms with Gasteiger partial charge in [-0.1, -0.05) is 0 Å². The molecule has 2 atom stereocenters. The van der Waals surface area contributed by atoms with E-state index >= 15 is 0 Å². The lowest BCUT2D eigenvalue weighted by Crippen LogP contribution is -2.41. The summed E-state index contributed by atoms with van der Waals surface area (Å²) in [4.78, 5) is 14.1. The fourth-order valence-electron chi connectivity index (χ4n) is 2.83. The van der Waals surface area contributed by atoms with E-state index in [-0.39, 0.29) is 11.1 Å². The maximum Gasteiger partial charge on any atom is 0.258 e. The number of carbonyl (C=O) groups is 1. The lowest BCUT2D eigenvalue weighted by atomic mass is 9.94. The Bertz CT molecular complexity index is 418. The third kappa shape index (κ3) is 1.96. The van der Waals surface area contributed by atoms with Gasteiger partial charge in [-0.2, -0.15) is 0 Å². The van der Waals surface area contributed by atoms with Crippen LogP contribution in [0.1, 0.15) is 23.2 Å². The molecule has 0 saturated carbocycles. The topological polar surface area (TPSA) is 45.5 Å². The predicted molar refractivity (Wildman–Crippen MR) is 64.1 cm³/mol. The number of fused-ring (bicyclic) bond motifs is 1. The molecule has 1 aromatic heterocycles. The SMILES string of the molecule is O=C(c1ccoc1Cl)N1C[C@@H]2CCCN[C@@H]2C1. The predicted octanol–water partition coefficient (Wildman–Crippen LogP) is 1.76. The summed E-state index contributed by atoms with van der Waals surface area (Å²) in [5.74, 6) is 0.582. The Morgan fingerprint density at radius 2 is 2.41 bits per heavy atom. The van der Waals surface area contributed by atoms with Gasteiger partial charge >= 0.3 is 0 Å². The molecule has 17 heavy (non-hydrogen) atoms. The number of likely N-dealkylation sites (tertiary alicyclic amines) is 1. The Balaban J connectivity index is 1.74. The van der Waals surface area contributed by atoms with Gasteiger partial charge < -0.3 is 14.6 Å². The van der Waals surface area contributed by atoms with Crippen molar-refractivity contribution in [2.24, 2.45) is 5.92 Å². The number of rotatable bonds is 1. The number of nitrogens with one attached hydrogen (secondary N) is 1. The first-order valence-corrected chi connectivity index (χ1v) is 6.39. The van der Waals surface area contributed by atoms with Crippen molar-refractivity contribution >= 4 is 17.5 Å². The van der Waals surface area contributed by atoms with Gasteiger partial charge in [-0.15, -0.1) is 0 Å². The van der Waals surface area contributed by atoms with Crippen molar-refractivity contribution in [3.8, 4) is 0 Å². The van der Waals surface area contributed by atoms with Crippen LogP contribution in [-0.2, 0) is 0 Å². The second-order valence-electron chi connectivity index (χ2n) is 4.78. The Morgan fingerprint density at radius 3 is 3.12 bits per heavy atom. The van der Waals surface area contributed by atoms with E-state index in [1.165, 1.54) is 19.1 Å². The Hall–Kier alpha value is -1.00. The fraction of sp³-hybridized carbons (Fsp3) is 0.583. The second-order valence-corrected chi connectivity index (χ2v) is 5.12. The molecule has 0 bridgehead atoms. The third-order valence-electron chi connectivity index (χ3n) is 3.73. The van der Waals surface area contributed by atoms with Crippen molar-refractivity contribution in [1.82, 2.24) is 10.2 Å². The number of furan rings is 1. The average Bonchev–Trinajstić information content (AvgIpc) is 2.93. The summed E-state index contributed by atoms with van der Waals surface area (Å²) in [6.07, 6.45) is 3.87. The van der Waals surface area contributed by atoms with Crippen LogP contribution in [0.4, 0.5) is 0 Å². The van der Waals surface area contributed by atoms with E-state index in [0.29, 0.717) is 17.5 Å². The highest BCUT2D eigenvalue weighted by atomic mass is 35.5. The zero-order valence-electron chi connectivity index (χ0n) is 9.49. The number of hydrogen-bond donors (Lipinski definition) is 1. The third-order valence-corrected chi connectivity index (χ3v) is 4.03. The van der Waals surface area contributed by atoms with Gasteiger partial charge in [-0.25, -0.2) is 0 Å². The highest BCUT2D eigenvalue weighted by Gasteiger charge is 2.37. The average molecular weight is 255 g/mol. The molecule has 3 rings (SSSR count). The van der Waals surface area contributed by atoms with E-state index in [9.17, 15) is 4.79 Å². The molecule has 4 nitrogen and oxygen atoms in total. The van der Waals surface area contributed by atoms with Crippen LogP contribution in [0.2, 0.25) is 5.22 Å². The normalized spacial score (nSPS) is 28.2. The summed E-state index contributed by atoms with van der Waals surface area (Å²) in [6.45, 7) is 2.68. The quantitative estimate of drug-likeness (QED) is 0.831. The monoisotopic (exact) mass is 254 g/mol. The molecule has 0 aliphatic carbocycles. The van der Waals surface area contributed by atoms with Gasteiger partial charge in [-0.05, 0) is 43.0 Å². The van der Waals surface area contributed by atoms with Crippen LogP contribution >= 0.6 is 11.6 Å². The minimum absolute atomic E-state index is 0.0139. The Labute approximate surface area is 105 Å². The lowest BCUT2D eigenvalue weighted by Gasteiger charge is -2.24. The van der Waals surface area contributed by atoms with Crippen LogP contribution in [0, 0.1) is 5.92 Å². The van der Waals surface area contributed by atoms with Crippen LogP contribution in [0.15, 0.2) is 16.7 Å². The molecular formula is C12H15ClN2O2. The number of carbonyl (C=O) groups excluding carboxylic acids is 1. The van der Waals surface area contributed by atoms with Crippen LogP contribution in [-0.4, -0.2) is 36.5 Å². The fourth-order valence-corrected chi connectivity index (χ4v) is 3.02. The Morgan fingerprint density at radius 1 is 1.53 bits per heavy atom. The molecular weight excluding hydrogens is 240 g/mol. The zero-order valence-corrected chi connectivity index (χ0v) is 10.2. The van der Waals surface area contributed by atoms with Crippen molar-refractivity contribution in [2.45, 2.75) is 18.9 Å². The van der Waals surface area contributed by atoms with Gasteiger partial charge in [0.05, 0.1) is 11.8 Å². The molecule has 2 aliphatic heterocycles. The molecule has 0 spiro atoms. The van der Waals surface area contributed by atoms with Gasteiger partial charge in [0, 0.05) is 19.1 Å². The summed E-state index contributed by atoms with van der Waals surface area (Å²) >= 11 is 5.84. The van der Waals surface area contributed by atoms with Crippen molar-refractivity contribution in [3.05, 3.63) is 23.1 Å². The van der Waals surface area contributed by atoms with Gasteiger partial charge in [0.15, 0.2) is 0 Å². The summed E-state index contributed by atoms with van der Waals surface area (Å²) in [6, 6.07) is 2.10. The van der Waals surface area contributed by atoms with Crippen molar-refractivity contribution in [2.75, 3.05) is 19.6 Å². The first-order valence-electron chi connectivity index (χ1n) is 6.01. The number of hydrogen-bond acceptors (Lipinski definition) is 3. The molecule has 0 aromatic carbocycles. The van der Waals surface area contributed by atoms with Crippen LogP contribution in [0.5, 0.6) is 0 Å². The molecule has 1 aromatic rings. The van der Waals surface area contributed by atoms with E-state index in [1.807, 2.05) is 4.90 Å². The minimum Gasteiger partial charge on any atom is -0.452 e. The highest BCUT2D eigenvalue weighted by Crippen LogP contribution is 2.27. The standard InChI is InChI=1S/C12H15ClN2O2/c13-11-9(3-5-17-11)12(16)15-6-8-2-1-4-14-10(8)7-15/h3,5,8,10,14H,1-2,4,6-7H2/t8-,10+/m0/s1. The first-order chi connectivity index (χ1) is 8.25. The number of amides is 1. The zero-order chi connectivity index (χ0) is 11.8. The maximum absolute atomic E-state index is 12.2. The number of piperidine rings is 1. The van der Waals surface area contributed by atoms with E-state index in [4.69, 9.17) is 16.0 Å². The summed E-state index contributed by atoms with van der Waals surface area (Å²) in [5.41, 5.74) is 0.477. The van der Waals surface area contributed by atoms with Crippen molar-refractivity contribution < 1.29 is 9.21 Å². The smallest absolute Gasteiger partial charge is 0.258 e. The molecule has 1 amide bonds. The molecule has 0 radical (unpaired) electrons. The number of halogens is 1. The summed E-state index contributed by atoms with van der Waals surface area (Å²) in [7, 11) is 0. The molecule has 0 unspecified atom stereocenters. The van der Waals surface area contributed by atoms with Crippen molar-refractivity contribution in [1.29, 1.82) is 0 Å². The lowest BCUT2D eigenvalue weighted by molar-refractivity contribution is 0.0785. The largest absolute Gasteiger partial charge is 0.452 e. The van der Waals surface area contributed by atoms with Crippen LogP contribution in [0.3, 0.4) is 0 Å². The number of nitrogens with zero attached hydrogens (tertiary/aromatic N) is 1. The summed E-state index contributed by atoms with van der Waals surface area (Å²) in [5, 5.41) is 3.67. The molecule has 2 fully saturated rings. The molecule has 2 aliphatic rings. The van der Waals surface area contributed by atoms with E-state index < -0.39 is 0 Å².